The quantitative estimate of drug-likeness (QED) is 0.0321. The van der Waals surface area contributed by atoms with Gasteiger partial charge in [0.05, 0.1) is 25.4 Å². The first-order chi connectivity index (χ1) is 31.5. The van der Waals surface area contributed by atoms with Crippen LogP contribution < -0.4 is 5.32 Å². The van der Waals surface area contributed by atoms with Crippen LogP contribution in [-0.2, 0) is 14.3 Å². The van der Waals surface area contributed by atoms with Gasteiger partial charge in [-0.2, -0.15) is 0 Å². The summed E-state index contributed by atoms with van der Waals surface area (Å²) >= 11 is 0. The van der Waals surface area contributed by atoms with E-state index >= 15 is 0 Å². The number of hydrogen-bond donors (Lipinski definition) is 3. The molecule has 0 saturated heterocycles. The molecular formula is C58H109NO5. The summed E-state index contributed by atoms with van der Waals surface area (Å²) in [5, 5.41) is 23.1. The van der Waals surface area contributed by atoms with Crippen LogP contribution in [0.2, 0.25) is 0 Å². The van der Waals surface area contributed by atoms with Crippen molar-refractivity contribution in [2.24, 2.45) is 0 Å². The molecule has 1 amide bonds. The summed E-state index contributed by atoms with van der Waals surface area (Å²) < 4.78 is 5.44. The Labute approximate surface area is 398 Å². The van der Waals surface area contributed by atoms with E-state index in [1.54, 1.807) is 6.08 Å². The summed E-state index contributed by atoms with van der Waals surface area (Å²) in [6.07, 6.45) is 66.1. The zero-order chi connectivity index (χ0) is 46.5. The number of unbranched alkanes of at least 4 members (excludes halogenated alkanes) is 37. The number of hydrogen-bond acceptors (Lipinski definition) is 5. The van der Waals surface area contributed by atoms with E-state index in [2.05, 4.69) is 37.4 Å². The largest absolute Gasteiger partial charge is 0.466 e. The van der Waals surface area contributed by atoms with Crippen molar-refractivity contribution in [2.45, 2.75) is 309 Å². The zero-order valence-corrected chi connectivity index (χ0v) is 42.8. The molecule has 2 atom stereocenters. The van der Waals surface area contributed by atoms with Crippen molar-refractivity contribution < 1.29 is 24.5 Å². The molecule has 0 bridgehead atoms. The van der Waals surface area contributed by atoms with Crippen LogP contribution in [0.5, 0.6) is 0 Å². The van der Waals surface area contributed by atoms with E-state index in [4.69, 9.17) is 4.74 Å². The van der Waals surface area contributed by atoms with Gasteiger partial charge in [-0.05, 0) is 51.4 Å². The predicted molar refractivity (Wildman–Crippen MR) is 278 cm³/mol. The molecule has 6 nitrogen and oxygen atoms in total. The highest BCUT2D eigenvalue weighted by Gasteiger charge is 2.17. The lowest BCUT2D eigenvalue weighted by Gasteiger charge is -2.19. The Morgan fingerprint density at radius 2 is 0.797 bits per heavy atom. The van der Waals surface area contributed by atoms with Gasteiger partial charge in [-0.25, -0.2) is 0 Å². The molecule has 0 saturated carbocycles. The minimum atomic E-state index is -0.880. The van der Waals surface area contributed by atoms with Gasteiger partial charge >= 0.3 is 5.97 Å². The molecule has 0 fully saturated rings. The Balaban J connectivity index is 3.58. The molecule has 0 aliphatic carbocycles. The van der Waals surface area contributed by atoms with E-state index < -0.39 is 12.1 Å². The first kappa shape index (κ1) is 62.1. The lowest BCUT2D eigenvalue weighted by atomic mass is 10.0. The highest BCUT2D eigenvalue weighted by Crippen LogP contribution is 2.17. The minimum absolute atomic E-state index is 0.0187. The molecule has 3 N–H and O–H groups in total. The Morgan fingerprint density at radius 1 is 0.438 bits per heavy atom. The van der Waals surface area contributed by atoms with Crippen molar-refractivity contribution in [1.29, 1.82) is 0 Å². The number of amides is 1. The van der Waals surface area contributed by atoms with Gasteiger partial charge in [-0.15, -0.1) is 0 Å². The molecule has 0 rings (SSSR count). The molecule has 6 heteroatoms. The summed E-state index contributed by atoms with van der Waals surface area (Å²) in [7, 11) is 0. The summed E-state index contributed by atoms with van der Waals surface area (Å²) in [5.74, 6) is -0.165. The Morgan fingerprint density at radius 3 is 1.22 bits per heavy atom. The Kier molecular flexibility index (Phi) is 52.1. The molecule has 64 heavy (non-hydrogen) atoms. The normalized spacial score (nSPS) is 12.9. The number of esters is 1. The van der Waals surface area contributed by atoms with E-state index in [0.717, 1.165) is 51.4 Å². The summed E-state index contributed by atoms with van der Waals surface area (Å²) in [4.78, 5) is 24.4. The van der Waals surface area contributed by atoms with Crippen LogP contribution in [0, 0.1) is 0 Å². The fourth-order valence-corrected chi connectivity index (χ4v) is 8.57. The minimum Gasteiger partial charge on any atom is -0.466 e. The fourth-order valence-electron chi connectivity index (χ4n) is 8.57. The smallest absolute Gasteiger partial charge is 0.305 e. The first-order valence-electron chi connectivity index (χ1n) is 28.3. The molecule has 0 aromatic rings. The molecule has 0 heterocycles. The van der Waals surface area contributed by atoms with Crippen LogP contribution >= 0.6 is 0 Å². The Hall–Kier alpha value is -1.92. The van der Waals surface area contributed by atoms with Crippen LogP contribution in [0.25, 0.3) is 0 Å². The monoisotopic (exact) mass is 900 g/mol. The Bertz CT molecular complexity index is 1040. The molecule has 2 unspecified atom stereocenters. The lowest BCUT2D eigenvalue weighted by Crippen LogP contribution is -2.45. The third-order valence-electron chi connectivity index (χ3n) is 12.9. The van der Waals surface area contributed by atoms with Gasteiger partial charge in [0.25, 0.3) is 0 Å². The maximum atomic E-state index is 12.4. The fraction of sp³-hybridized carbons (Fsp3) is 0.862. The van der Waals surface area contributed by atoms with Gasteiger partial charge in [-0.1, -0.05) is 269 Å². The number of rotatable bonds is 52. The molecule has 0 aliphatic heterocycles. The van der Waals surface area contributed by atoms with E-state index in [1.807, 2.05) is 12.2 Å². The zero-order valence-electron chi connectivity index (χ0n) is 42.8. The molecule has 0 aliphatic rings. The number of carbonyl (C=O) groups is 2. The second-order valence-electron chi connectivity index (χ2n) is 19.3. The molecule has 0 radical (unpaired) electrons. The van der Waals surface area contributed by atoms with Gasteiger partial charge in [0.2, 0.25) is 5.91 Å². The van der Waals surface area contributed by atoms with Crippen molar-refractivity contribution >= 4 is 11.9 Å². The average molecular weight is 901 g/mol. The van der Waals surface area contributed by atoms with E-state index in [9.17, 15) is 19.8 Å². The second kappa shape index (κ2) is 53.7. The molecule has 376 valence electrons. The molecular weight excluding hydrogens is 791 g/mol. The number of nitrogens with one attached hydrogen (secondary N) is 1. The average Bonchev–Trinajstić information content (AvgIpc) is 3.29. The van der Waals surface area contributed by atoms with Crippen LogP contribution in [-0.4, -0.2) is 47.4 Å². The summed E-state index contributed by atoms with van der Waals surface area (Å²) in [6.45, 7) is 4.84. The van der Waals surface area contributed by atoms with Crippen molar-refractivity contribution in [3.05, 3.63) is 36.5 Å². The van der Waals surface area contributed by atoms with Crippen molar-refractivity contribution in [3.63, 3.8) is 0 Å². The summed E-state index contributed by atoms with van der Waals surface area (Å²) in [6, 6.07) is -0.672. The molecule has 0 aromatic carbocycles. The van der Waals surface area contributed by atoms with Crippen LogP contribution in [0.3, 0.4) is 0 Å². The number of carbonyl (C=O) groups excluding carboxylic acids is 2. The van der Waals surface area contributed by atoms with Gasteiger partial charge < -0.3 is 20.3 Å². The predicted octanol–water partition coefficient (Wildman–Crippen LogP) is 17.2. The number of aliphatic hydroxyl groups excluding tert-OH is 2. The first-order valence-corrected chi connectivity index (χ1v) is 28.3. The SMILES string of the molecule is CCCCCCCCCCCCCCCCCCCCCCC/C=C/C(O)C(CO)NC(=O)CC/C=C\C/C=C\CCCCCCCCOC(=O)CCCCCCCCCCCCC. The maximum Gasteiger partial charge on any atom is 0.305 e. The van der Waals surface area contributed by atoms with Crippen molar-refractivity contribution in [3.8, 4) is 0 Å². The van der Waals surface area contributed by atoms with E-state index in [1.165, 1.54) is 212 Å². The summed E-state index contributed by atoms with van der Waals surface area (Å²) in [5.41, 5.74) is 0. The van der Waals surface area contributed by atoms with Gasteiger partial charge in [-0.3, -0.25) is 9.59 Å². The lowest BCUT2D eigenvalue weighted by molar-refractivity contribution is -0.143. The third-order valence-corrected chi connectivity index (χ3v) is 12.9. The highest BCUT2D eigenvalue weighted by atomic mass is 16.5. The third kappa shape index (κ3) is 49.5. The highest BCUT2D eigenvalue weighted by molar-refractivity contribution is 5.76. The topological polar surface area (TPSA) is 95.9 Å². The maximum absolute atomic E-state index is 12.4. The van der Waals surface area contributed by atoms with Crippen LogP contribution in [0.4, 0.5) is 0 Å². The molecule has 0 spiro atoms. The van der Waals surface area contributed by atoms with E-state index in [0.29, 0.717) is 25.9 Å². The molecule has 0 aromatic heterocycles. The number of aliphatic hydroxyl groups is 2. The number of allylic oxidation sites excluding steroid dienone is 5. The van der Waals surface area contributed by atoms with Crippen molar-refractivity contribution in [1.82, 2.24) is 5.32 Å². The number of ether oxygens (including phenoxy) is 1. The van der Waals surface area contributed by atoms with Crippen LogP contribution in [0.15, 0.2) is 36.5 Å². The second-order valence-corrected chi connectivity index (χ2v) is 19.3. The standard InChI is InChI=1S/C58H109NO5/c1-3-5-7-9-11-13-15-16-17-18-19-20-21-22-23-24-25-27-31-34-38-42-46-50-56(61)55(54-60)59-57(62)51-47-43-39-35-32-28-26-29-33-37-41-45-49-53-64-58(63)52-48-44-40-36-30-14-12-10-8-6-4-2/h28,32,39,43,46,50,55-56,60-61H,3-27,29-31,33-38,40-42,44-45,47-49,51-54H2,1-2H3,(H,59,62)/b32-28-,43-39-,50-46+. The van der Waals surface area contributed by atoms with Gasteiger partial charge in [0.15, 0.2) is 0 Å². The van der Waals surface area contributed by atoms with Crippen LogP contribution in [0.1, 0.15) is 296 Å². The van der Waals surface area contributed by atoms with Crippen molar-refractivity contribution in [2.75, 3.05) is 13.2 Å². The van der Waals surface area contributed by atoms with E-state index in [-0.39, 0.29) is 18.5 Å². The van der Waals surface area contributed by atoms with Gasteiger partial charge in [0.1, 0.15) is 0 Å². The van der Waals surface area contributed by atoms with Gasteiger partial charge in [0, 0.05) is 12.8 Å².